The molecular weight excluding hydrogens is 277 g/mol. The van der Waals surface area contributed by atoms with E-state index in [1.54, 1.807) is 0 Å². The third-order valence-electron chi connectivity index (χ3n) is 1.53. The molecule has 0 aliphatic carbocycles. The second-order valence-corrected chi connectivity index (χ2v) is 3.61. The predicted molar refractivity (Wildman–Crippen MR) is 62.5 cm³/mol. The zero-order valence-electron chi connectivity index (χ0n) is 7.03. The van der Waals surface area contributed by atoms with Gasteiger partial charge in [-0.05, 0) is 28.2 Å². The van der Waals surface area contributed by atoms with Gasteiger partial charge in [-0.15, -0.1) is 0 Å². The zero-order valence-corrected chi connectivity index (χ0v) is 9.19. The molecule has 0 aromatic heterocycles. The van der Waals surface area contributed by atoms with Gasteiger partial charge in [-0.2, -0.15) is 0 Å². The van der Waals surface area contributed by atoms with E-state index in [1.165, 1.54) is 5.56 Å². The highest BCUT2D eigenvalue weighted by molar-refractivity contribution is 14.1. The number of benzene rings is 1. The smallest absolute Gasteiger partial charge is 0.207 e. The van der Waals surface area contributed by atoms with Crippen LogP contribution in [-0.2, 0) is 4.79 Å². The van der Waals surface area contributed by atoms with Crippen LogP contribution in [0.15, 0.2) is 36.4 Å². The number of carbonyl (C=O) groups excluding carboxylic acids is 1. The van der Waals surface area contributed by atoms with Gasteiger partial charge in [-0.3, -0.25) is 4.79 Å². The fourth-order valence-corrected chi connectivity index (χ4v) is 1.49. The van der Waals surface area contributed by atoms with Crippen LogP contribution in [0.2, 0.25) is 0 Å². The molecule has 0 unspecified atom stereocenters. The summed E-state index contributed by atoms with van der Waals surface area (Å²) in [7, 11) is 0. The molecule has 0 spiro atoms. The van der Waals surface area contributed by atoms with E-state index in [9.17, 15) is 4.79 Å². The first-order valence-electron chi connectivity index (χ1n) is 3.92. The quantitative estimate of drug-likeness (QED) is 0.513. The summed E-state index contributed by atoms with van der Waals surface area (Å²) in [5.41, 5.74) is 1.18. The van der Waals surface area contributed by atoms with Crippen LogP contribution in [0.3, 0.4) is 0 Å². The Morgan fingerprint density at radius 3 is 2.69 bits per heavy atom. The fourth-order valence-electron chi connectivity index (χ4n) is 0.912. The van der Waals surface area contributed by atoms with Crippen molar-refractivity contribution in [2.24, 2.45) is 0 Å². The Labute approximate surface area is 91.2 Å². The number of amides is 1. The molecule has 1 N–H and O–H groups in total. The van der Waals surface area contributed by atoms with Crippen LogP contribution >= 0.6 is 22.6 Å². The third kappa shape index (κ3) is 3.59. The van der Waals surface area contributed by atoms with Crippen molar-refractivity contribution < 1.29 is 4.79 Å². The van der Waals surface area contributed by atoms with E-state index in [0.717, 1.165) is 3.58 Å². The van der Waals surface area contributed by atoms with E-state index >= 15 is 0 Å². The lowest BCUT2D eigenvalue weighted by Gasteiger charge is -1.98. The largest absolute Gasteiger partial charge is 0.355 e. The SMILES string of the molecule is O=CNCC=C(I)c1ccccc1. The Morgan fingerprint density at radius 1 is 1.38 bits per heavy atom. The van der Waals surface area contributed by atoms with Crippen molar-refractivity contribution >= 4 is 32.6 Å². The van der Waals surface area contributed by atoms with Crippen molar-refractivity contribution in [2.75, 3.05) is 6.54 Å². The van der Waals surface area contributed by atoms with Gasteiger partial charge in [0.15, 0.2) is 0 Å². The van der Waals surface area contributed by atoms with Gasteiger partial charge in [0.05, 0.1) is 0 Å². The molecule has 0 heterocycles. The molecule has 0 bridgehead atoms. The van der Waals surface area contributed by atoms with E-state index in [2.05, 4.69) is 27.9 Å². The second-order valence-electron chi connectivity index (χ2n) is 2.44. The molecular formula is C10H10INO. The summed E-state index contributed by atoms with van der Waals surface area (Å²) < 4.78 is 1.15. The number of hydrogen-bond donors (Lipinski definition) is 1. The molecule has 0 saturated carbocycles. The maximum Gasteiger partial charge on any atom is 0.207 e. The van der Waals surface area contributed by atoms with E-state index in [4.69, 9.17) is 0 Å². The first-order chi connectivity index (χ1) is 6.34. The summed E-state index contributed by atoms with van der Waals surface area (Å²) in [5, 5.41) is 2.59. The molecule has 1 aromatic rings. The third-order valence-corrected chi connectivity index (χ3v) is 2.60. The lowest BCUT2D eigenvalue weighted by molar-refractivity contribution is -0.109. The molecule has 0 saturated heterocycles. The molecule has 3 heteroatoms. The van der Waals surface area contributed by atoms with Crippen LogP contribution in [0, 0.1) is 0 Å². The lowest BCUT2D eigenvalue weighted by atomic mass is 10.2. The van der Waals surface area contributed by atoms with Gasteiger partial charge < -0.3 is 5.32 Å². The van der Waals surface area contributed by atoms with E-state index < -0.39 is 0 Å². The number of hydrogen-bond acceptors (Lipinski definition) is 1. The summed E-state index contributed by atoms with van der Waals surface area (Å²) >= 11 is 2.25. The monoisotopic (exact) mass is 287 g/mol. The molecule has 1 amide bonds. The topological polar surface area (TPSA) is 29.1 Å². The Morgan fingerprint density at radius 2 is 2.08 bits per heavy atom. The van der Waals surface area contributed by atoms with Crippen molar-refractivity contribution in [3.05, 3.63) is 42.0 Å². The van der Waals surface area contributed by atoms with Crippen molar-refractivity contribution in [1.82, 2.24) is 5.32 Å². The van der Waals surface area contributed by atoms with Crippen LogP contribution < -0.4 is 5.32 Å². The van der Waals surface area contributed by atoms with Crippen molar-refractivity contribution in [1.29, 1.82) is 0 Å². The first-order valence-corrected chi connectivity index (χ1v) is 5.00. The number of rotatable bonds is 4. The molecule has 0 atom stereocenters. The van der Waals surface area contributed by atoms with Crippen LogP contribution in [0.1, 0.15) is 5.56 Å². The Kier molecular flexibility index (Phi) is 4.53. The highest BCUT2D eigenvalue weighted by atomic mass is 127. The summed E-state index contributed by atoms with van der Waals surface area (Å²) in [6, 6.07) is 10.1. The van der Waals surface area contributed by atoms with Crippen molar-refractivity contribution in [3.63, 3.8) is 0 Å². The molecule has 0 aliphatic heterocycles. The number of carbonyl (C=O) groups is 1. The zero-order chi connectivity index (χ0) is 9.52. The van der Waals surface area contributed by atoms with Crippen LogP contribution in [0.25, 0.3) is 3.58 Å². The first kappa shape index (κ1) is 10.2. The van der Waals surface area contributed by atoms with Gasteiger partial charge in [0.25, 0.3) is 0 Å². The molecule has 1 rings (SSSR count). The van der Waals surface area contributed by atoms with E-state index in [0.29, 0.717) is 13.0 Å². The van der Waals surface area contributed by atoms with Gasteiger partial charge >= 0.3 is 0 Å². The maximum absolute atomic E-state index is 9.98. The molecule has 13 heavy (non-hydrogen) atoms. The Bertz CT molecular complexity index is 295. The average molecular weight is 287 g/mol. The van der Waals surface area contributed by atoms with Crippen LogP contribution in [0.4, 0.5) is 0 Å². The van der Waals surface area contributed by atoms with Gasteiger partial charge in [0.2, 0.25) is 6.41 Å². The molecule has 2 nitrogen and oxygen atoms in total. The van der Waals surface area contributed by atoms with E-state index in [-0.39, 0.29) is 0 Å². The minimum absolute atomic E-state index is 0.580. The predicted octanol–water partition coefficient (Wildman–Crippen LogP) is 2.21. The summed E-state index contributed by atoms with van der Waals surface area (Å²) in [5.74, 6) is 0. The summed E-state index contributed by atoms with van der Waals surface area (Å²) in [4.78, 5) is 9.98. The minimum atomic E-state index is 0.580. The maximum atomic E-state index is 9.98. The Hall–Kier alpha value is -0.840. The van der Waals surface area contributed by atoms with Crippen LogP contribution in [0.5, 0.6) is 0 Å². The molecule has 0 aliphatic rings. The van der Waals surface area contributed by atoms with Crippen LogP contribution in [-0.4, -0.2) is 13.0 Å². The molecule has 68 valence electrons. The molecule has 1 aromatic carbocycles. The van der Waals surface area contributed by atoms with Gasteiger partial charge in [0, 0.05) is 10.1 Å². The fraction of sp³-hybridized carbons (Fsp3) is 0.100. The molecule has 0 radical (unpaired) electrons. The lowest BCUT2D eigenvalue weighted by Crippen LogP contribution is -2.09. The van der Waals surface area contributed by atoms with Crippen molar-refractivity contribution in [3.8, 4) is 0 Å². The normalized spacial score (nSPS) is 11.0. The highest BCUT2D eigenvalue weighted by Crippen LogP contribution is 2.20. The Balaban J connectivity index is 2.62. The summed E-state index contributed by atoms with van der Waals surface area (Å²) in [6.45, 7) is 0.580. The second kappa shape index (κ2) is 5.75. The minimum Gasteiger partial charge on any atom is -0.355 e. The average Bonchev–Trinajstić information content (AvgIpc) is 2.19. The number of nitrogens with one attached hydrogen (secondary N) is 1. The van der Waals surface area contributed by atoms with Gasteiger partial charge in [-0.1, -0.05) is 36.4 Å². The number of halogens is 1. The summed E-state index contributed by atoms with van der Waals surface area (Å²) in [6.07, 6.45) is 2.68. The van der Waals surface area contributed by atoms with Crippen molar-refractivity contribution in [2.45, 2.75) is 0 Å². The standard InChI is InChI=1S/C10H10INO/c11-10(6-7-12-8-13)9-4-2-1-3-5-9/h1-6,8H,7H2,(H,12,13). The highest BCUT2D eigenvalue weighted by Gasteiger charge is 1.93. The van der Waals surface area contributed by atoms with Gasteiger partial charge in [0.1, 0.15) is 0 Å². The van der Waals surface area contributed by atoms with Gasteiger partial charge in [-0.25, -0.2) is 0 Å². The van der Waals surface area contributed by atoms with E-state index in [1.807, 2.05) is 36.4 Å². The molecule has 0 fully saturated rings.